The summed E-state index contributed by atoms with van der Waals surface area (Å²) in [4.78, 5) is 0. The second-order valence-corrected chi connectivity index (χ2v) is 2.48. The van der Waals surface area contributed by atoms with Gasteiger partial charge in [-0.05, 0) is 17.8 Å². The first kappa shape index (κ1) is 8.61. The van der Waals surface area contributed by atoms with Crippen LogP contribution < -0.4 is 5.30 Å². The molecule has 0 aliphatic carbocycles. The summed E-state index contributed by atoms with van der Waals surface area (Å²) in [7, 11) is 2.69. The summed E-state index contributed by atoms with van der Waals surface area (Å²) in [5.41, 5.74) is 1.33. The van der Waals surface area contributed by atoms with Crippen LogP contribution in [0.5, 0.6) is 0 Å². The SMILES string of the molecule is Cc1ccccc1P.O. The third-order valence-electron chi connectivity index (χ3n) is 1.19. The van der Waals surface area contributed by atoms with Gasteiger partial charge < -0.3 is 5.48 Å². The van der Waals surface area contributed by atoms with E-state index in [2.05, 4.69) is 28.3 Å². The average molecular weight is 142 g/mol. The molecule has 0 saturated carbocycles. The van der Waals surface area contributed by atoms with Crippen molar-refractivity contribution in [3.63, 3.8) is 0 Å². The number of benzene rings is 1. The van der Waals surface area contributed by atoms with Gasteiger partial charge in [-0.2, -0.15) is 0 Å². The van der Waals surface area contributed by atoms with Crippen LogP contribution in [0, 0.1) is 6.92 Å². The predicted octanol–water partition coefficient (Wildman–Crippen LogP) is 0.671. The second-order valence-electron chi connectivity index (χ2n) is 1.86. The fourth-order valence-corrected chi connectivity index (χ4v) is 0.794. The minimum absolute atomic E-state index is 0. The molecule has 0 amide bonds. The van der Waals surface area contributed by atoms with Crippen LogP contribution in [0.3, 0.4) is 0 Å². The number of hydrogen-bond donors (Lipinski definition) is 0. The van der Waals surface area contributed by atoms with Crippen LogP contribution in [-0.4, -0.2) is 5.48 Å². The fraction of sp³-hybridized carbons (Fsp3) is 0.143. The normalized spacial score (nSPS) is 8.22. The van der Waals surface area contributed by atoms with Crippen molar-refractivity contribution in [3.05, 3.63) is 29.8 Å². The number of aryl methyl sites for hydroxylation is 1. The van der Waals surface area contributed by atoms with Crippen LogP contribution in [0.4, 0.5) is 0 Å². The van der Waals surface area contributed by atoms with Crippen molar-refractivity contribution < 1.29 is 5.48 Å². The van der Waals surface area contributed by atoms with E-state index in [-0.39, 0.29) is 5.48 Å². The molecule has 50 valence electrons. The van der Waals surface area contributed by atoms with Crippen molar-refractivity contribution in [2.45, 2.75) is 6.92 Å². The maximum atomic E-state index is 2.69. The molecule has 2 heteroatoms. The lowest BCUT2D eigenvalue weighted by molar-refractivity contribution is 0.824. The average Bonchev–Trinajstić information content (AvgIpc) is 1.77. The number of rotatable bonds is 0. The predicted molar refractivity (Wildman–Crippen MR) is 44.1 cm³/mol. The summed E-state index contributed by atoms with van der Waals surface area (Å²) in [6, 6.07) is 8.26. The summed E-state index contributed by atoms with van der Waals surface area (Å²) >= 11 is 0. The Morgan fingerprint density at radius 1 is 1.22 bits per heavy atom. The summed E-state index contributed by atoms with van der Waals surface area (Å²) in [6.45, 7) is 2.10. The summed E-state index contributed by atoms with van der Waals surface area (Å²) in [5, 5.41) is 1.28. The Morgan fingerprint density at radius 3 is 2.11 bits per heavy atom. The molecule has 0 radical (unpaired) electrons. The van der Waals surface area contributed by atoms with Crippen LogP contribution in [-0.2, 0) is 0 Å². The van der Waals surface area contributed by atoms with E-state index in [1.54, 1.807) is 0 Å². The summed E-state index contributed by atoms with van der Waals surface area (Å²) in [5.74, 6) is 0. The largest absolute Gasteiger partial charge is 0.412 e. The van der Waals surface area contributed by atoms with E-state index >= 15 is 0 Å². The number of hydrogen-bond acceptors (Lipinski definition) is 0. The maximum Gasteiger partial charge on any atom is -0.0274 e. The first-order chi connectivity index (χ1) is 3.80. The van der Waals surface area contributed by atoms with Crippen LogP contribution in [0.15, 0.2) is 24.3 Å². The highest BCUT2D eigenvalue weighted by atomic mass is 31.0. The van der Waals surface area contributed by atoms with E-state index < -0.39 is 0 Å². The molecule has 2 N–H and O–H groups in total. The molecule has 0 heterocycles. The minimum Gasteiger partial charge on any atom is -0.412 e. The minimum atomic E-state index is 0. The molecule has 1 nitrogen and oxygen atoms in total. The van der Waals surface area contributed by atoms with Gasteiger partial charge in [0.1, 0.15) is 0 Å². The monoisotopic (exact) mass is 142 g/mol. The van der Waals surface area contributed by atoms with E-state index in [1.165, 1.54) is 10.9 Å². The van der Waals surface area contributed by atoms with Gasteiger partial charge in [-0.1, -0.05) is 24.3 Å². The first-order valence-electron chi connectivity index (χ1n) is 2.62. The Balaban J connectivity index is 0.000000640. The van der Waals surface area contributed by atoms with Crippen LogP contribution in [0.25, 0.3) is 0 Å². The molecule has 0 aromatic heterocycles. The Kier molecular flexibility index (Phi) is 3.44. The zero-order valence-corrected chi connectivity index (χ0v) is 6.54. The summed E-state index contributed by atoms with van der Waals surface area (Å²) < 4.78 is 0. The highest BCUT2D eigenvalue weighted by molar-refractivity contribution is 7.27. The molecule has 0 aliphatic heterocycles. The lowest BCUT2D eigenvalue weighted by atomic mass is 10.2. The quantitative estimate of drug-likeness (QED) is 0.477. The zero-order valence-electron chi connectivity index (χ0n) is 5.39. The van der Waals surface area contributed by atoms with Gasteiger partial charge in [0.2, 0.25) is 0 Å². The van der Waals surface area contributed by atoms with Crippen LogP contribution in [0.2, 0.25) is 0 Å². The maximum absolute atomic E-state index is 2.69. The Labute approximate surface area is 57.6 Å². The molecule has 0 aliphatic rings. The lowest BCUT2D eigenvalue weighted by Crippen LogP contribution is -1.92. The van der Waals surface area contributed by atoms with E-state index in [4.69, 9.17) is 0 Å². The molecule has 0 fully saturated rings. The Hall–Kier alpha value is -0.390. The highest BCUT2D eigenvalue weighted by Crippen LogP contribution is 1.96. The second kappa shape index (κ2) is 3.60. The van der Waals surface area contributed by atoms with Crippen molar-refractivity contribution in [1.82, 2.24) is 0 Å². The van der Waals surface area contributed by atoms with Crippen LogP contribution >= 0.6 is 9.24 Å². The molecule has 1 atom stereocenters. The molecule has 0 bridgehead atoms. The van der Waals surface area contributed by atoms with Gasteiger partial charge in [0.05, 0.1) is 0 Å². The van der Waals surface area contributed by atoms with Gasteiger partial charge in [-0.15, -0.1) is 9.24 Å². The Bertz CT molecular complexity index is 165. The topological polar surface area (TPSA) is 31.5 Å². The smallest absolute Gasteiger partial charge is 0.0274 e. The molecular weight excluding hydrogens is 131 g/mol. The fourth-order valence-electron chi connectivity index (χ4n) is 0.587. The zero-order chi connectivity index (χ0) is 5.98. The molecule has 0 saturated heterocycles. The van der Waals surface area contributed by atoms with Crippen molar-refractivity contribution in [1.29, 1.82) is 0 Å². The van der Waals surface area contributed by atoms with E-state index in [9.17, 15) is 0 Å². The molecule has 1 aromatic rings. The molecular formula is C7H11OP. The van der Waals surface area contributed by atoms with Crippen molar-refractivity contribution >= 4 is 14.5 Å². The first-order valence-corrected chi connectivity index (χ1v) is 3.19. The van der Waals surface area contributed by atoms with Crippen LogP contribution in [0.1, 0.15) is 5.56 Å². The summed E-state index contributed by atoms with van der Waals surface area (Å²) in [6.07, 6.45) is 0. The molecule has 0 spiro atoms. The van der Waals surface area contributed by atoms with Crippen molar-refractivity contribution in [3.8, 4) is 0 Å². The van der Waals surface area contributed by atoms with Gasteiger partial charge in [-0.25, -0.2) is 0 Å². The van der Waals surface area contributed by atoms with Gasteiger partial charge in [0, 0.05) is 0 Å². The standard InChI is InChI=1S/C7H9P.H2O/c1-6-4-2-3-5-7(6)8;/h2-5H,8H2,1H3;1H2. The molecule has 1 aromatic carbocycles. The van der Waals surface area contributed by atoms with Gasteiger partial charge in [-0.3, -0.25) is 0 Å². The molecule has 1 rings (SSSR count). The highest BCUT2D eigenvalue weighted by Gasteiger charge is 1.84. The van der Waals surface area contributed by atoms with E-state index in [0.717, 1.165) is 0 Å². The van der Waals surface area contributed by atoms with E-state index in [1.807, 2.05) is 12.1 Å². The van der Waals surface area contributed by atoms with E-state index in [0.29, 0.717) is 0 Å². The third kappa shape index (κ3) is 2.13. The van der Waals surface area contributed by atoms with Crippen molar-refractivity contribution in [2.24, 2.45) is 0 Å². The Morgan fingerprint density at radius 2 is 1.78 bits per heavy atom. The van der Waals surface area contributed by atoms with Gasteiger partial charge in [0.25, 0.3) is 0 Å². The van der Waals surface area contributed by atoms with Gasteiger partial charge in [0.15, 0.2) is 0 Å². The van der Waals surface area contributed by atoms with Crippen molar-refractivity contribution in [2.75, 3.05) is 0 Å². The lowest BCUT2D eigenvalue weighted by Gasteiger charge is -1.93. The third-order valence-corrected chi connectivity index (χ3v) is 1.84. The molecule has 1 unspecified atom stereocenters. The van der Waals surface area contributed by atoms with Gasteiger partial charge >= 0.3 is 0 Å². The molecule has 9 heavy (non-hydrogen) atoms.